The molecule has 0 amide bonds. The van der Waals surface area contributed by atoms with Crippen molar-refractivity contribution in [3.8, 4) is 0 Å². The molecule has 0 aliphatic rings. The monoisotopic (exact) mass is 382 g/mol. The van der Waals surface area contributed by atoms with Crippen LogP contribution in [0.5, 0.6) is 0 Å². The second kappa shape index (κ2) is 7.64. The van der Waals surface area contributed by atoms with Crippen molar-refractivity contribution in [2.45, 2.75) is 30.4 Å². The molecule has 4 nitrogen and oxygen atoms in total. The highest BCUT2D eigenvalue weighted by Gasteiger charge is 2.39. The highest BCUT2D eigenvalue weighted by molar-refractivity contribution is 7.86. The second-order valence-electron chi connectivity index (χ2n) is 6.62. The third-order valence-corrected chi connectivity index (χ3v) is 6.00. The lowest BCUT2D eigenvalue weighted by Gasteiger charge is -2.33. The standard InChI is InChI=1S/C22H22O4S/c1-17-11-9-10-16-20(17)27(24,25)26-21(18-12-5-3-6-13-18)22(2,23)19-14-7-4-8-15-19/h3-16,21,23H,1-2H3. The molecule has 1 N–H and O–H groups in total. The molecule has 0 aliphatic carbocycles. The predicted octanol–water partition coefficient (Wildman–Crippen LogP) is 4.35. The van der Waals surface area contributed by atoms with Crippen LogP contribution in [0, 0.1) is 6.92 Å². The van der Waals surface area contributed by atoms with E-state index in [9.17, 15) is 13.5 Å². The maximum atomic E-state index is 13.0. The van der Waals surface area contributed by atoms with Crippen molar-refractivity contribution in [2.24, 2.45) is 0 Å². The van der Waals surface area contributed by atoms with Crippen molar-refractivity contribution in [1.82, 2.24) is 0 Å². The lowest BCUT2D eigenvalue weighted by molar-refractivity contribution is -0.0526. The van der Waals surface area contributed by atoms with Crippen LogP contribution in [0.1, 0.15) is 29.7 Å². The molecular weight excluding hydrogens is 360 g/mol. The SMILES string of the molecule is Cc1ccccc1S(=O)(=O)OC(c1ccccc1)C(C)(O)c1ccccc1. The molecule has 0 aromatic heterocycles. The Morgan fingerprint density at radius 2 is 1.37 bits per heavy atom. The van der Waals surface area contributed by atoms with Crippen molar-refractivity contribution in [2.75, 3.05) is 0 Å². The van der Waals surface area contributed by atoms with E-state index in [1.54, 1.807) is 80.6 Å². The van der Waals surface area contributed by atoms with Crippen molar-refractivity contribution in [3.63, 3.8) is 0 Å². The summed E-state index contributed by atoms with van der Waals surface area (Å²) < 4.78 is 31.6. The van der Waals surface area contributed by atoms with E-state index in [-0.39, 0.29) is 4.90 Å². The van der Waals surface area contributed by atoms with E-state index in [0.717, 1.165) is 0 Å². The number of rotatable bonds is 6. The Morgan fingerprint density at radius 1 is 0.852 bits per heavy atom. The van der Waals surface area contributed by atoms with Gasteiger partial charge < -0.3 is 5.11 Å². The van der Waals surface area contributed by atoms with Gasteiger partial charge in [0.15, 0.2) is 0 Å². The molecule has 0 spiro atoms. The minimum atomic E-state index is -4.09. The number of aliphatic hydroxyl groups is 1. The molecule has 0 fully saturated rings. The molecule has 3 aromatic carbocycles. The third-order valence-electron chi connectivity index (χ3n) is 4.56. The van der Waals surface area contributed by atoms with Crippen molar-refractivity contribution < 1.29 is 17.7 Å². The lowest BCUT2D eigenvalue weighted by atomic mass is 9.86. The summed E-state index contributed by atoms with van der Waals surface area (Å²) in [4.78, 5) is 0.0924. The van der Waals surface area contributed by atoms with Gasteiger partial charge in [-0.25, -0.2) is 0 Å². The fraction of sp³-hybridized carbons (Fsp3) is 0.182. The van der Waals surface area contributed by atoms with Gasteiger partial charge >= 0.3 is 0 Å². The van der Waals surface area contributed by atoms with Crippen LogP contribution in [0.4, 0.5) is 0 Å². The Labute approximate surface area is 160 Å². The smallest absolute Gasteiger partial charge is 0.297 e. The summed E-state index contributed by atoms with van der Waals surface area (Å²) >= 11 is 0. The van der Waals surface area contributed by atoms with Gasteiger partial charge in [-0.2, -0.15) is 8.42 Å². The van der Waals surface area contributed by atoms with Crippen LogP contribution < -0.4 is 0 Å². The van der Waals surface area contributed by atoms with E-state index >= 15 is 0 Å². The second-order valence-corrected chi connectivity index (χ2v) is 8.16. The van der Waals surface area contributed by atoms with E-state index in [0.29, 0.717) is 16.7 Å². The normalized spacial score (nSPS) is 15.1. The minimum Gasteiger partial charge on any atom is -0.382 e. The first-order valence-corrected chi connectivity index (χ1v) is 10.0. The molecule has 0 heterocycles. The summed E-state index contributed by atoms with van der Waals surface area (Å²) in [6, 6.07) is 24.4. The zero-order chi connectivity index (χ0) is 19.5. The van der Waals surface area contributed by atoms with E-state index in [1.807, 2.05) is 12.1 Å². The van der Waals surface area contributed by atoms with Crippen LogP contribution in [0.15, 0.2) is 89.8 Å². The minimum absolute atomic E-state index is 0.0924. The van der Waals surface area contributed by atoms with Gasteiger partial charge in [-0.15, -0.1) is 0 Å². The van der Waals surface area contributed by atoms with Crippen LogP contribution in [0.3, 0.4) is 0 Å². The van der Waals surface area contributed by atoms with Gasteiger partial charge in [-0.1, -0.05) is 78.9 Å². The highest BCUT2D eigenvalue weighted by atomic mass is 32.2. The molecule has 2 unspecified atom stereocenters. The summed E-state index contributed by atoms with van der Waals surface area (Å²) in [6.07, 6.45) is -1.11. The van der Waals surface area contributed by atoms with E-state index < -0.39 is 21.8 Å². The lowest BCUT2D eigenvalue weighted by Crippen LogP contribution is -2.33. The van der Waals surface area contributed by atoms with Gasteiger partial charge in [-0.3, -0.25) is 4.18 Å². The first-order chi connectivity index (χ1) is 12.8. The maximum absolute atomic E-state index is 13.0. The third kappa shape index (κ3) is 4.11. The van der Waals surface area contributed by atoms with Crippen molar-refractivity contribution >= 4 is 10.1 Å². The first kappa shape index (κ1) is 19.3. The molecule has 140 valence electrons. The van der Waals surface area contributed by atoms with Gasteiger partial charge in [0.1, 0.15) is 11.7 Å². The molecule has 27 heavy (non-hydrogen) atoms. The molecule has 0 saturated carbocycles. The average Bonchev–Trinajstić information content (AvgIpc) is 2.67. The Balaban J connectivity index is 2.08. The highest BCUT2D eigenvalue weighted by Crippen LogP contribution is 2.40. The Hall–Kier alpha value is -2.47. The van der Waals surface area contributed by atoms with Gasteiger partial charge in [0.25, 0.3) is 10.1 Å². The topological polar surface area (TPSA) is 63.6 Å². The Morgan fingerprint density at radius 3 is 1.96 bits per heavy atom. The zero-order valence-electron chi connectivity index (χ0n) is 15.2. The van der Waals surface area contributed by atoms with Crippen LogP contribution >= 0.6 is 0 Å². The van der Waals surface area contributed by atoms with E-state index in [1.165, 1.54) is 6.07 Å². The first-order valence-electron chi connectivity index (χ1n) is 8.64. The molecule has 2 atom stereocenters. The van der Waals surface area contributed by atoms with Gasteiger partial charge in [-0.05, 0) is 36.6 Å². The number of hydrogen-bond acceptors (Lipinski definition) is 4. The summed E-state index contributed by atoms with van der Waals surface area (Å²) in [5.74, 6) is 0. The van der Waals surface area contributed by atoms with Crippen LogP contribution in [-0.4, -0.2) is 13.5 Å². The number of aryl methyl sites for hydroxylation is 1. The predicted molar refractivity (Wildman–Crippen MR) is 105 cm³/mol. The summed E-state index contributed by atoms with van der Waals surface area (Å²) in [5, 5.41) is 11.3. The number of benzene rings is 3. The van der Waals surface area contributed by atoms with Gasteiger partial charge in [0.05, 0.1) is 4.90 Å². The van der Waals surface area contributed by atoms with Crippen LogP contribution in [0.25, 0.3) is 0 Å². The molecule has 0 radical (unpaired) electrons. The summed E-state index contributed by atoms with van der Waals surface area (Å²) in [6.45, 7) is 3.27. The number of hydrogen-bond donors (Lipinski definition) is 1. The van der Waals surface area contributed by atoms with Crippen LogP contribution in [-0.2, 0) is 19.9 Å². The van der Waals surface area contributed by atoms with E-state index in [4.69, 9.17) is 4.18 Å². The molecule has 0 bridgehead atoms. The molecule has 3 rings (SSSR count). The molecular formula is C22H22O4S. The quantitative estimate of drug-likeness (QED) is 0.644. The molecule has 0 saturated heterocycles. The fourth-order valence-corrected chi connectivity index (χ4v) is 4.41. The van der Waals surface area contributed by atoms with Gasteiger partial charge in [0, 0.05) is 0 Å². The van der Waals surface area contributed by atoms with E-state index in [2.05, 4.69) is 0 Å². The maximum Gasteiger partial charge on any atom is 0.297 e. The largest absolute Gasteiger partial charge is 0.382 e. The van der Waals surface area contributed by atoms with Crippen molar-refractivity contribution in [3.05, 3.63) is 102 Å². The molecule has 5 heteroatoms. The van der Waals surface area contributed by atoms with Gasteiger partial charge in [0.2, 0.25) is 0 Å². The average molecular weight is 382 g/mol. The Bertz CT molecular complexity index is 997. The van der Waals surface area contributed by atoms with Crippen LogP contribution in [0.2, 0.25) is 0 Å². The summed E-state index contributed by atoms with van der Waals surface area (Å²) in [7, 11) is -4.09. The van der Waals surface area contributed by atoms with Crippen molar-refractivity contribution in [1.29, 1.82) is 0 Å². The molecule has 3 aromatic rings. The molecule has 0 aliphatic heterocycles. The zero-order valence-corrected chi connectivity index (χ0v) is 16.1. The fourth-order valence-electron chi connectivity index (χ4n) is 3.04. The summed E-state index contributed by atoms with van der Waals surface area (Å²) in [5.41, 5.74) is 0.171. The Kier molecular flexibility index (Phi) is 5.46.